The maximum atomic E-state index is 12.6. The fraction of sp³-hybridized carbons (Fsp3) is 0.0455. The molecule has 0 fully saturated rings. The Morgan fingerprint density at radius 3 is 2.58 bits per heavy atom. The Hall–Kier alpha value is -3.53. The molecule has 1 heterocycles. The van der Waals surface area contributed by atoms with Crippen LogP contribution in [-0.2, 0) is 0 Å². The lowest BCUT2D eigenvalue weighted by Gasteiger charge is -2.07. The molecule has 0 spiro atoms. The molecule has 1 N–H and O–H groups in total. The van der Waals surface area contributed by atoms with Crippen LogP contribution < -0.4 is 10.2 Å². The van der Waals surface area contributed by atoms with Crippen LogP contribution in [0.3, 0.4) is 0 Å². The second-order valence-corrected chi connectivity index (χ2v) is 5.87. The molecule has 0 saturated heterocycles. The van der Waals surface area contributed by atoms with Crippen LogP contribution in [0.4, 0.5) is 0 Å². The van der Waals surface area contributed by atoms with Gasteiger partial charge in [-0.2, -0.15) is 0 Å². The van der Waals surface area contributed by atoms with Gasteiger partial charge in [-0.1, -0.05) is 48.5 Å². The van der Waals surface area contributed by atoms with Crippen LogP contribution in [0.25, 0.3) is 28.0 Å². The fourth-order valence-corrected chi connectivity index (χ4v) is 2.86. The minimum atomic E-state index is -0.255. The monoisotopic (exact) mass is 344 g/mol. The topological polar surface area (TPSA) is 59.7 Å². The van der Waals surface area contributed by atoms with Crippen LogP contribution in [0, 0.1) is 0 Å². The van der Waals surface area contributed by atoms with Crippen molar-refractivity contribution in [3.05, 3.63) is 88.6 Å². The van der Waals surface area contributed by atoms with Crippen molar-refractivity contribution in [1.82, 2.24) is 0 Å². The van der Waals surface area contributed by atoms with E-state index in [1.165, 1.54) is 6.07 Å². The van der Waals surface area contributed by atoms with E-state index in [0.29, 0.717) is 28.9 Å². The van der Waals surface area contributed by atoms with E-state index in [1.54, 1.807) is 30.3 Å². The van der Waals surface area contributed by atoms with E-state index in [1.807, 2.05) is 42.5 Å². The molecular formula is C22H16O4. The molecule has 0 aliphatic heterocycles. The van der Waals surface area contributed by atoms with Gasteiger partial charge in [-0.05, 0) is 23.8 Å². The Bertz CT molecular complexity index is 1160. The molecule has 0 unspecified atom stereocenters. The molecule has 0 radical (unpaired) electrons. The minimum absolute atomic E-state index is 0.149. The van der Waals surface area contributed by atoms with Crippen LogP contribution in [0.5, 0.6) is 11.5 Å². The Kier molecular flexibility index (Phi) is 4.15. The number of hydrogen-bond donors (Lipinski definition) is 1. The quantitative estimate of drug-likeness (QED) is 0.543. The summed E-state index contributed by atoms with van der Waals surface area (Å²) in [6.07, 6.45) is 3.83. The molecule has 26 heavy (non-hydrogen) atoms. The van der Waals surface area contributed by atoms with Gasteiger partial charge in [0.05, 0.1) is 5.39 Å². The van der Waals surface area contributed by atoms with Crippen molar-refractivity contribution in [3.8, 4) is 11.5 Å². The Labute approximate surface area is 149 Å². The smallest absolute Gasteiger partial charge is 0.204 e. The number of rotatable bonds is 4. The molecule has 0 amide bonds. The van der Waals surface area contributed by atoms with E-state index >= 15 is 0 Å². The number of hydrogen-bond acceptors (Lipinski definition) is 4. The Balaban J connectivity index is 1.63. The second-order valence-electron chi connectivity index (χ2n) is 5.87. The lowest BCUT2D eigenvalue weighted by atomic mass is 10.1. The van der Waals surface area contributed by atoms with Crippen molar-refractivity contribution >= 4 is 28.0 Å². The van der Waals surface area contributed by atoms with Crippen molar-refractivity contribution in [2.24, 2.45) is 0 Å². The van der Waals surface area contributed by atoms with E-state index < -0.39 is 0 Å². The number of benzene rings is 3. The summed E-state index contributed by atoms with van der Waals surface area (Å²) >= 11 is 0. The van der Waals surface area contributed by atoms with Crippen molar-refractivity contribution in [2.45, 2.75) is 0 Å². The van der Waals surface area contributed by atoms with Crippen molar-refractivity contribution in [1.29, 1.82) is 0 Å². The highest BCUT2D eigenvalue weighted by atomic mass is 16.5. The first-order valence-corrected chi connectivity index (χ1v) is 8.25. The van der Waals surface area contributed by atoms with Crippen molar-refractivity contribution in [3.63, 3.8) is 0 Å². The molecule has 128 valence electrons. The Morgan fingerprint density at radius 1 is 0.962 bits per heavy atom. The molecule has 0 saturated carbocycles. The third-order valence-corrected chi connectivity index (χ3v) is 4.09. The van der Waals surface area contributed by atoms with Gasteiger partial charge >= 0.3 is 0 Å². The number of para-hydroxylation sites is 1. The molecule has 4 aromatic rings. The average Bonchev–Trinajstić information content (AvgIpc) is 2.66. The fourth-order valence-electron chi connectivity index (χ4n) is 2.86. The zero-order valence-electron chi connectivity index (χ0n) is 13.9. The average molecular weight is 344 g/mol. The molecule has 0 aliphatic rings. The predicted octanol–water partition coefficient (Wildman–Crippen LogP) is 4.74. The van der Waals surface area contributed by atoms with E-state index in [-0.39, 0.29) is 16.6 Å². The number of fused-ring (bicyclic) bond motifs is 2. The molecule has 4 heteroatoms. The molecule has 4 rings (SSSR count). The number of ether oxygens (including phenoxy) is 1. The summed E-state index contributed by atoms with van der Waals surface area (Å²) in [6, 6.07) is 19.9. The lowest BCUT2D eigenvalue weighted by molar-refractivity contribution is 0.360. The van der Waals surface area contributed by atoms with Gasteiger partial charge in [-0.25, -0.2) is 0 Å². The normalized spacial score (nSPS) is 11.4. The highest BCUT2D eigenvalue weighted by Crippen LogP contribution is 2.30. The molecular weight excluding hydrogens is 328 g/mol. The summed E-state index contributed by atoms with van der Waals surface area (Å²) in [7, 11) is 0. The zero-order chi connectivity index (χ0) is 17.9. The van der Waals surface area contributed by atoms with Crippen LogP contribution in [0.2, 0.25) is 0 Å². The second kappa shape index (κ2) is 6.76. The van der Waals surface area contributed by atoms with Gasteiger partial charge in [-0.3, -0.25) is 4.79 Å². The first kappa shape index (κ1) is 16.0. The largest absolute Gasteiger partial charge is 0.507 e. The molecule has 3 aromatic carbocycles. The van der Waals surface area contributed by atoms with E-state index in [2.05, 4.69) is 0 Å². The van der Waals surface area contributed by atoms with Gasteiger partial charge in [0.1, 0.15) is 34.7 Å². The van der Waals surface area contributed by atoms with Gasteiger partial charge in [-0.15, -0.1) is 0 Å². The SMILES string of the molecule is O=c1c2ccccc2oc2cc(OCC=Cc3ccccc3)cc(O)c12. The minimum Gasteiger partial charge on any atom is -0.507 e. The summed E-state index contributed by atoms with van der Waals surface area (Å²) in [5.41, 5.74) is 1.60. The van der Waals surface area contributed by atoms with Crippen LogP contribution in [-0.4, -0.2) is 11.7 Å². The van der Waals surface area contributed by atoms with E-state index in [0.717, 1.165) is 5.56 Å². The maximum Gasteiger partial charge on any atom is 0.204 e. The number of phenols is 1. The molecule has 0 bridgehead atoms. The third kappa shape index (κ3) is 3.05. The first-order chi connectivity index (χ1) is 12.7. The highest BCUT2D eigenvalue weighted by molar-refractivity contribution is 5.93. The van der Waals surface area contributed by atoms with Gasteiger partial charge in [0, 0.05) is 12.1 Å². The van der Waals surface area contributed by atoms with Gasteiger partial charge < -0.3 is 14.3 Å². The van der Waals surface area contributed by atoms with Crippen molar-refractivity contribution < 1.29 is 14.3 Å². The number of phenolic OH excluding ortho intramolecular Hbond substituents is 1. The van der Waals surface area contributed by atoms with Crippen molar-refractivity contribution in [2.75, 3.05) is 6.61 Å². The summed E-state index contributed by atoms with van der Waals surface area (Å²) in [4.78, 5) is 12.6. The van der Waals surface area contributed by atoms with E-state index in [4.69, 9.17) is 9.15 Å². The van der Waals surface area contributed by atoms with Crippen LogP contribution in [0.15, 0.2) is 82.0 Å². The van der Waals surface area contributed by atoms with Gasteiger partial charge in [0.25, 0.3) is 0 Å². The molecule has 1 aromatic heterocycles. The first-order valence-electron chi connectivity index (χ1n) is 8.25. The summed E-state index contributed by atoms with van der Waals surface area (Å²) in [6.45, 7) is 0.331. The lowest BCUT2D eigenvalue weighted by Crippen LogP contribution is -2.03. The highest BCUT2D eigenvalue weighted by Gasteiger charge is 2.13. The molecule has 4 nitrogen and oxygen atoms in total. The van der Waals surface area contributed by atoms with Crippen LogP contribution in [0.1, 0.15) is 5.56 Å². The zero-order valence-corrected chi connectivity index (χ0v) is 13.9. The predicted molar refractivity (Wildman–Crippen MR) is 103 cm³/mol. The summed E-state index contributed by atoms with van der Waals surface area (Å²) in [5, 5.41) is 10.9. The summed E-state index contributed by atoms with van der Waals surface area (Å²) in [5.74, 6) is 0.287. The van der Waals surface area contributed by atoms with Crippen LogP contribution >= 0.6 is 0 Å². The maximum absolute atomic E-state index is 12.6. The van der Waals surface area contributed by atoms with Gasteiger partial charge in [0.2, 0.25) is 5.43 Å². The van der Waals surface area contributed by atoms with E-state index in [9.17, 15) is 9.90 Å². The molecule has 0 aliphatic carbocycles. The Morgan fingerprint density at radius 2 is 1.73 bits per heavy atom. The third-order valence-electron chi connectivity index (χ3n) is 4.09. The standard InChI is InChI=1S/C22H16O4/c23-18-13-16(25-12-6-9-15-7-2-1-3-8-15)14-20-21(18)22(24)17-10-4-5-11-19(17)26-20/h1-11,13-14,23H,12H2. The summed E-state index contributed by atoms with van der Waals surface area (Å²) < 4.78 is 11.4. The number of aromatic hydroxyl groups is 1. The molecule has 0 atom stereocenters. The van der Waals surface area contributed by atoms with Gasteiger partial charge in [0.15, 0.2) is 0 Å².